The normalized spacial score (nSPS) is 20.8. The molecule has 0 aromatic carbocycles. The van der Waals surface area contributed by atoms with E-state index in [1.165, 1.54) is 0 Å². The molecule has 2 heterocycles. The highest BCUT2D eigenvalue weighted by Crippen LogP contribution is 2.24. The van der Waals surface area contributed by atoms with Crippen molar-refractivity contribution in [1.82, 2.24) is 14.8 Å². The smallest absolute Gasteiger partial charge is 0.225 e. The molecule has 1 N–H and O–H groups in total. The van der Waals surface area contributed by atoms with Gasteiger partial charge in [0.05, 0.1) is 6.04 Å². The summed E-state index contributed by atoms with van der Waals surface area (Å²) in [5, 5.41) is 7.19. The van der Waals surface area contributed by atoms with Gasteiger partial charge in [-0.2, -0.15) is 10.1 Å². The number of aromatic nitrogens is 3. The molecule has 4 nitrogen and oxygen atoms in total. The van der Waals surface area contributed by atoms with Gasteiger partial charge in [0.25, 0.3) is 0 Å². The van der Waals surface area contributed by atoms with E-state index < -0.39 is 0 Å². The van der Waals surface area contributed by atoms with Gasteiger partial charge in [0, 0.05) is 6.20 Å². The van der Waals surface area contributed by atoms with Gasteiger partial charge in [-0.3, -0.25) is 0 Å². The molecule has 2 rings (SSSR count). The number of fused-ring (bicyclic) bond motifs is 1. The summed E-state index contributed by atoms with van der Waals surface area (Å²) in [7, 11) is 0. The van der Waals surface area contributed by atoms with Crippen molar-refractivity contribution in [2.75, 3.05) is 5.32 Å². The van der Waals surface area contributed by atoms with Gasteiger partial charge < -0.3 is 5.32 Å². The van der Waals surface area contributed by atoms with Crippen LogP contribution in [0, 0.1) is 5.92 Å². The second-order valence-electron chi connectivity index (χ2n) is 3.27. The van der Waals surface area contributed by atoms with Gasteiger partial charge in [0.15, 0.2) is 0 Å². The van der Waals surface area contributed by atoms with E-state index in [0.29, 0.717) is 12.0 Å². The molecule has 1 atom stereocenters. The Balaban J connectivity index is 2.37. The Labute approximate surface area is 71.3 Å². The minimum absolute atomic E-state index is 0.337. The van der Waals surface area contributed by atoms with Crippen molar-refractivity contribution >= 4 is 5.95 Å². The fourth-order valence-corrected chi connectivity index (χ4v) is 1.38. The van der Waals surface area contributed by atoms with Crippen molar-refractivity contribution in [1.29, 1.82) is 0 Å². The van der Waals surface area contributed by atoms with Crippen LogP contribution in [0.5, 0.6) is 0 Å². The fraction of sp³-hybridized carbons (Fsp3) is 0.500. The molecule has 1 aliphatic rings. The summed E-state index contributed by atoms with van der Waals surface area (Å²) in [5.41, 5.74) is 0. The molecule has 0 aliphatic carbocycles. The number of rotatable bonds is 1. The van der Waals surface area contributed by atoms with Gasteiger partial charge in [-0.1, -0.05) is 13.8 Å². The summed E-state index contributed by atoms with van der Waals surface area (Å²) in [6.07, 6.45) is 5.60. The summed E-state index contributed by atoms with van der Waals surface area (Å²) >= 11 is 0. The van der Waals surface area contributed by atoms with Gasteiger partial charge >= 0.3 is 0 Å². The first-order valence-corrected chi connectivity index (χ1v) is 4.12. The minimum atomic E-state index is 0.337. The van der Waals surface area contributed by atoms with Crippen LogP contribution in [-0.2, 0) is 0 Å². The quantitative estimate of drug-likeness (QED) is 0.682. The van der Waals surface area contributed by atoms with Crippen molar-refractivity contribution < 1.29 is 0 Å². The maximum Gasteiger partial charge on any atom is 0.225 e. The summed E-state index contributed by atoms with van der Waals surface area (Å²) in [6, 6.07) is 0.337. The Hall–Kier alpha value is -1.32. The largest absolute Gasteiger partial charge is 0.331 e. The highest BCUT2D eigenvalue weighted by molar-refractivity contribution is 5.33. The zero-order chi connectivity index (χ0) is 8.55. The van der Waals surface area contributed by atoms with E-state index in [-0.39, 0.29) is 0 Å². The van der Waals surface area contributed by atoms with Crippen LogP contribution in [0.3, 0.4) is 0 Å². The number of nitrogens with zero attached hydrogens (tertiary/aromatic N) is 3. The number of hydrogen-bond acceptors (Lipinski definition) is 3. The van der Waals surface area contributed by atoms with E-state index in [4.69, 9.17) is 0 Å². The summed E-state index contributed by atoms with van der Waals surface area (Å²) < 4.78 is 1.91. The molecule has 1 unspecified atom stereocenters. The van der Waals surface area contributed by atoms with Crippen LogP contribution in [0.4, 0.5) is 5.95 Å². The SMILES string of the molecule is CC(C)C1C=CNc2ncnn21. The van der Waals surface area contributed by atoms with Gasteiger partial charge in [-0.15, -0.1) is 0 Å². The van der Waals surface area contributed by atoms with Gasteiger partial charge in [0.1, 0.15) is 6.33 Å². The van der Waals surface area contributed by atoms with Crippen molar-refractivity contribution in [3.63, 3.8) is 0 Å². The Bertz CT molecular complexity index is 300. The third kappa shape index (κ3) is 0.995. The number of nitrogens with one attached hydrogen (secondary N) is 1. The standard InChI is InChI=1S/C8H12N4/c1-6(2)7-3-4-9-8-10-5-11-12(7)8/h3-7H,1-2H3,(H,9,10,11). The molecular formula is C8H12N4. The van der Waals surface area contributed by atoms with Gasteiger partial charge in [-0.05, 0) is 12.0 Å². The highest BCUT2D eigenvalue weighted by Gasteiger charge is 2.19. The number of allylic oxidation sites excluding steroid dienone is 1. The third-order valence-corrected chi connectivity index (χ3v) is 2.04. The van der Waals surface area contributed by atoms with Crippen LogP contribution in [0.25, 0.3) is 0 Å². The van der Waals surface area contributed by atoms with Crippen molar-refractivity contribution in [3.8, 4) is 0 Å². The lowest BCUT2D eigenvalue weighted by Crippen LogP contribution is -2.19. The Kier molecular flexibility index (Phi) is 1.60. The van der Waals surface area contributed by atoms with Crippen LogP contribution in [0.2, 0.25) is 0 Å². The second-order valence-corrected chi connectivity index (χ2v) is 3.27. The summed E-state index contributed by atoms with van der Waals surface area (Å²) in [5.74, 6) is 1.38. The predicted octanol–water partition coefficient (Wildman–Crippen LogP) is 1.41. The Morgan fingerprint density at radius 3 is 3.17 bits per heavy atom. The molecule has 0 radical (unpaired) electrons. The molecule has 0 saturated carbocycles. The van der Waals surface area contributed by atoms with Crippen LogP contribution >= 0.6 is 0 Å². The van der Waals surface area contributed by atoms with Crippen molar-refractivity contribution in [3.05, 3.63) is 18.6 Å². The lowest BCUT2D eigenvalue weighted by atomic mass is 10.0. The third-order valence-electron chi connectivity index (χ3n) is 2.04. The molecule has 4 heteroatoms. The maximum absolute atomic E-state index is 4.15. The molecule has 1 aromatic rings. The molecule has 0 amide bonds. The fourth-order valence-electron chi connectivity index (χ4n) is 1.38. The molecule has 0 saturated heterocycles. The monoisotopic (exact) mass is 164 g/mol. The Morgan fingerprint density at radius 2 is 2.42 bits per heavy atom. The van der Waals surface area contributed by atoms with E-state index in [0.717, 1.165) is 5.95 Å². The first-order valence-electron chi connectivity index (χ1n) is 4.12. The van der Waals surface area contributed by atoms with Crippen molar-refractivity contribution in [2.45, 2.75) is 19.9 Å². The average Bonchev–Trinajstić information content (AvgIpc) is 2.49. The first kappa shape index (κ1) is 7.34. The second kappa shape index (κ2) is 2.62. The molecule has 0 fully saturated rings. The first-order chi connectivity index (χ1) is 5.79. The molecule has 1 aromatic heterocycles. The highest BCUT2D eigenvalue weighted by atomic mass is 15.4. The zero-order valence-electron chi connectivity index (χ0n) is 7.23. The average molecular weight is 164 g/mol. The molecule has 1 aliphatic heterocycles. The summed E-state index contributed by atoms with van der Waals surface area (Å²) in [4.78, 5) is 4.08. The Morgan fingerprint density at radius 1 is 1.58 bits per heavy atom. The van der Waals surface area contributed by atoms with E-state index >= 15 is 0 Å². The van der Waals surface area contributed by atoms with Crippen LogP contribution < -0.4 is 5.32 Å². The van der Waals surface area contributed by atoms with E-state index in [2.05, 4.69) is 35.3 Å². The minimum Gasteiger partial charge on any atom is -0.331 e. The molecule has 0 spiro atoms. The number of hydrogen-bond donors (Lipinski definition) is 1. The zero-order valence-corrected chi connectivity index (χ0v) is 7.23. The van der Waals surface area contributed by atoms with Crippen LogP contribution in [0.1, 0.15) is 19.9 Å². The van der Waals surface area contributed by atoms with E-state index in [1.54, 1.807) is 6.33 Å². The van der Waals surface area contributed by atoms with E-state index in [9.17, 15) is 0 Å². The lowest BCUT2D eigenvalue weighted by Gasteiger charge is -2.22. The lowest BCUT2D eigenvalue weighted by molar-refractivity contribution is 0.414. The van der Waals surface area contributed by atoms with Gasteiger partial charge in [-0.25, -0.2) is 4.68 Å². The number of anilines is 1. The van der Waals surface area contributed by atoms with E-state index in [1.807, 2.05) is 10.9 Å². The maximum atomic E-state index is 4.15. The van der Waals surface area contributed by atoms with Crippen LogP contribution in [0.15, 0.2) is 18.6 Å². The van der Waals surface area contributed by atoms with Crippen LogP contribution in [-0.4, -0.2) is 14.8 Å². The molecule has 0 bridgehead atoms. The molecular weight excluding hydrogens is 152 g/mol. The predicted molar refractivity (Wildman–Crippen MR) is 46.7 cm³/mol. The summed E-state index contributed by atoms with van der Waals surface area (Å²) in [6.45, 7) is 4.34. The van der Waals surface area contributed by atoms with Crippen molar-refractivity contribution in [2.24, 2.45) is 5.92 Å². The van der Waals surface area contributed by atoms with Gasteiger partial charge in [0.2, 0.25) is 5.95 Å². The topological polar surface area (TPSA) is 42.7 Å². The molecule has 12 heavy (non-hydrogen) atoms. The molecule has 64 valence electrons.